The fourth-order valence-electron chi connectivity index (χ4n) is 3.96. The molecule has 1 saturated carbocycles. The molecule has 1 aromatic carbocycles. The molecule has 0 radical (unpaired) electrons. The number of carbonyl (C=O) groups is 2. The number of ketones is 2. The number of carbonyl (C=O) groups excluding carboxylic acids is 2. The van der Waals surface area contributed by atoms with Crippen molar-refractivity contribution < 1.29 is 14.7 Å². The third-order valence-electron chi connectivity index (χ3n) is 5.71. The van der Waals surface area contributed by atoms with Crippen molar-refractivity contribution in [3.8, 4) is 0 Å². The Hall–Kier alpha value is -1.89. The van der Waals surface area contributed by atoms with Crippen molar-refractivity contribution in [2.45, 2.75) is 19.3 Å². The van der Waals surface area contributed by atoms with E-state index in [1.165, 1.54) is 0 Å². The predicted molar refractivity (Wildman–Crippen MR) is 105 cm³/mol. The molecule has 146 valence electrons. The Morgan fingerprint density at radius 2 is 1.67 bits per heavy atom. The Labute approximate surface area is 160 Å². The first kappa shape index (κ1) is 19.9. The van der Waals surface area contributed by atoms with Gasteiger partial charge in [-0.15, -0.1) is 0 Å². The number of piperazine rings is 1. The van der Waals surface area contributed by atoms with Gasteiger partial charge in [-0.2, -0.15) is 0 Å². The van der Waals surface area contributed by atoms with Gasteiger partial charge in [-0.3, -0.25) is 24.4 Å². The maximum absolute atomic E-state index is 12.7. The van der Waals surface area contributed by atoms with Crippen LogP contribution >= 0.6 is 0 Å². The van der Waals surface area contributed by atoms with Crippen LogP contribution in [0.2, 0.25) is 0 Å². The van der Waals surface area contributed by atoms with Crippen molar-refractivity contribution >= 4 is 17.3 Å². The third kappa shape index (κ3) is 4.89. The number of benzene rings is 1. The van der Waals surface area contributed by atoms with Gasteiger partial charge < -0.3 is 5.11 Å². The standard InChI is InChI=1S/C21H29N3O3/c1-16-18(17-5-3-2-4-6-17)15-19(26)20(21(16)27)22-7-8-23-9-11-24(12-10-23)13-14-25/h2-6,16,18,25H,7-15H2,1H3/b22-20-. The highest BCUT2D eigenvalue weighted by Gasteiger charge is 2.38. The molecule has 2 aliphatic rings. The Kier molecular flexibility index (Phi) is 6.88. The molecule has 1 aromatic rings. The minimum absolute atomic E-state index is 0.0512. The van der Waals surface area contributed by atoms with E-state index in [1.54, 1.807) is 0 Å². The van der Waals surface area contributed by atoms with Crippen LogP contribution in [0.1, 0.15) is 24.8 Å². The van der Waals surface area contributed by atoms with E-state index in [1.807, 2.05) is 37.3 Å². The number of hydrogen-bond donors (Lipinski definition) is 1. The Bertz CT molecular complexity index is 681. The maximum Gasteiger partial charge on any atom is 0.187 e. The summed E-state index contributed by atoms with van der Waals surface area (Å²) >= 11 is 0. The highest BCUT2D eigenvalue weighted by atomic mass is 16.3. The number of aliphatic hydroxyl groups is 1. The van der Waals surface area contributed by atoms with Crippen molar-refractivity contribution in [3.63, 3.8) is 0 Å². The van der Waals surface area contributed by atoms with E-state index in [0.717, 1.165) is 44.8 Å². The Morgan fingerprint density at radius 1 is 1.04 bits per heavy atom. The molecule has 0 bridgehead atoms. The number of Topliss-reactive ketones (excluding diaryl/α,β-unsaturated/α-hetero) is 2. The number of aliphatic hydroxyl groups excluding tert-OH is 1. The summed E-state index contributed by atoms with van der Waals surface area (Å²) < 4.78 is 0. The molecule has 2 unspecified atom stereocenters. The van der Waals surface area contributed by atoms with Crippen LogP contribution in [0, 0.1) is 5.92 Å². The van der Waals surface area contributed by atoms with E-state index >= 15 is 0 Å². The van der Waals surface area contributed by atoms with Crippen LogP contribution in [-0.4, -0.2) is 84.6 Å². The summed E-state index contributed by atoms with van der Waals surface area (Å²) in [5.41, 5.74) is 1.21. The average Bonchev–Trinajstić information content (AvgIpc) is 2.69. The quantitative estimate of drug-likeness (QED) is 0.808. The van der Waals surface area contributed by atoms with Gasteiger partial charge in [0.2, 0.25) is 0 Å². The highest BCUT2D eigenvalue weighted by Crippen LogP contribution is 2.33. The van der Waals surface area contributed by atoms with Crippen LogP contribution in [0.15, 0.2) is 35.3 Å². The zero-order chi connectivity index (χ0) is 19.2. The van der Waals surface area contributed by atoms with Crippen LogP contribution in [0.4, 0.5) is 0 Å². The van der Waals surface area contributed by atoms with Gasteiger partial charge in [0.15, 0.2) is 11.6 Å². The molecule has 2 atom stereocenters. The fourth-order valence-corrected chi connectivity index (χ4v) is 3.96. The van der Waals surface area contributed by atoms with E-state index in [-0.39, 0.29) is 35.7 Å². The van der Waals surface area contributed by atoms with Crippen LogP contribution in [0.25, 0.3) is 0 Å². The average molecular weight is 371 g/mol. The van der Waals surface area contributed by atoms with Gasteiger partial charge in [0.05, 0.1) is 13.2 Å². The summed E-state index contributed by atoms with van der Waals surface area (Å²) in [6, 6.07) is 9.81. The Balaban J connectivity index is 1.55. The number of hydrogen-bond acceptors (Lipinski definition) is 6. The first-order valence-corrected chi connectivity index (χ1v) is 9.82. The number of nitrogens with zero attached hydrogens (tertiary/aromatic N) is 3. The van der Waals surface area contributed by atoms with Crippen molar-refractivity contribution in [1.29, 1.82) is 0 Å². The molecule has 6 heteroatoms. The largest absolute Gasteiger partial charge is 0.395 e. The maximum atomic E-state index is 12.7. The number of aliphatic imine (C=N–C) groups is 1. The number of rotatable bonds is 6. The minimum atomic E-state index is -0.217. The normalized spacial score (nSPS) is 26.7. The SMILES string of the molecule is CC1C(=O)/C(=N\CCN2CCN(CCO)CC2)C(=O)CC1c1ccccc1. The van der Waals surface area contributed by atoms with Gasteiger partial charge in [-0.25, -0.2) is 0 Å². The number of β-amino-alcohol motifs (C(OH)–C–C–N with tert-alkyl or cyclic N) is 1. The molecule has 27 heavy (non-hydrogen) atoms. The van der Waals surface area contributed by atoms with Gasteiger partial charge >= 0.3 is 0 Å². The minimum Gasteiger partial charge on any atom is -0.395 e. The van der Waals surface area contributed by atoms with Crippen molar-refractivity contribution in [3.05, 3.63) is 35.9 Å². The molecule has 6 nitrogen and oxygen atoms in total. The van der Waals surface area contributed by atoms with Gasteiger partial charge in [0, 0.05) is 57.5 Å². The van der Waals surface area contributed by atoms with Crippen molar-refractivity contribution in [2.75, 3.05) is 52.4 Å². The summed E-state index contributed by atoms with van der Waals surface area (Å²) in [7, 11) is 0. The lowest BCUT2D eigenvalue weighted by atomic mass is 9.74. The second-order valence-corrected chi connectivity index (χ2v) is 7.43. The zero-order valence-corrected chi connectivity index (χ0v) is 16.0. The van der Waals surface area contributed by atoms with Crippen LogP contribution < -0.4 is 0 Å². The molecule has 0 amide bonds. The first-order chi connectivity index (χ1) is 13.1. The second kappa shape index (κ2) is 9.35. The third-order valence-corrected chi connectivity index (χ3v) is 5.71. The second-order valence-electron chi connectivity index (χ2n) is 7.43. The van der Waals surface area contributed by atoms with E-state index in [9.17, 15) is 9.59 Å². The predicted octanol–water partition coefficient (Wildman–Crippen LogP) is 0.999. The van der Waals surface area contributed by atoms with E-state index < -0.39 is 0 Å². The van der Waals surface area contributed by atoms with Crippen LogP contribution in [-0.2, 0) is 9.59 Å². The van der Waals surface area contributed by atoms with Gasteiger partial charge in [-0.1, -0.05) is 37.3 Å². The summed E-state index contributed by atoms with van der Waals surface area (Å²) in [5, 5.41) is 9.00. The van der Waals surface area contributed by atoms with E-state index in [4.69, 9.17) is 5.11 Å². The molecule has 2 fully saturated rings. The molecule has 1 aliphatic carbocycles. The molecule has 1 heterocycles. The molecule has 0 spiro atoms. The topological polar surface area (TPSA) is 73.2 Å². The lowest BCUT2D eigenvalue weighted by Gasteiger charge is -2.34. The summed E-state index contributed by atoms with van der Waals surface area (Å²) in [6.07, 6.45) is 0.357. The first-order valence-electron chi connectivity index (χ1n) is 9.82. The van der Waals surface area contributed by atoms with Gasteiger partial charge in [-0.05, 0) is 5.56 Å². The lowest BCUT2D eigenvalue weighted by molar-refractivity contribution is -0.122. The van der Waals surface area contributed by atoms with E-state index in [2.05, 4.69) is 14.8 Å². The molecule has 0 aromatic heterocycles. The van der Waals surface area contributed by atoms with Gasteiger partial charge in [0.1, 0.15) is 5.71 Å². The van der Waals surface area contributed by atoms with E-state index in [0.29, 0.717) is 13.0 Å². The summed E-state index contributed by atoms with van der Waals surface area (Å²) in [4.78, 5) is 34.2. The monoisotopic (exact) mass is 371 g/mol. The van der Waals surface area contributed by atoms with Crippen LogP contribution in [0.5, 0.6) is 0 Å². The molecular weight excluding hydrogens is 342 g/mol. The molecule has 3 rings (SSSR count). The highest BCUT2D eigenvalue weighted by molar-refractivity contribution is 6.67. The molecule has 1 N–H and O–H groups in total. The smallest absolute Gasteiger partial charge is 0.187 e. The van der Waals surface area contributed by atoms with Crippen molar-refractivity contribution in [1.82, 2.24) is 9.80 Å². The molecular formula is C21H29N3O3. The van der Waals surface area contributed by atoms with Gasteiger partial charge in [0.25, 0.3) is 0 Å². The summed E-state index contributed by atoms with van der Waals surface area (Å²) in [6.45, 7) is 7.79. The molecule has 1 aliphatic heterocycles. The zero-order valence-electron chi connectivity index (χ0n) is 16.0. The molecule has 1 saturated heterocycles. The Morgan fingerprint density at radius 3 is 2.30 bits per heavy atom. The lowest BCUT2D eigenvalue weighted by Crippen LogP contribution is -2.47. The van der Waals surface area contributed by atoms with Crippen LogP contribution in [0.3, 0.4) is 0 Å². The van der Waals surface area contributed by atoms with Crippen molar-refractivity contribution in [2.24, 2.45) is 10.9 Å². The fraction of sp³-hybridized carbons (Fsp3) is 0.571. The summed E-state index contributed by atoms with van der Waals surface area (Å²) in [5.74, 6) is -0.511.